The van der Waals surface area contributed by atoms with E-state index in [4.69, 9.17) is 128 Å². The molecule has 14 N–H and O–H groups in total. The second-order valence-corrected chi connectivity index (χ2v) is 33.2. The van der Waals surface area contributed by atoms with Crippen molar-refractivity contribution in [3.05, 3.63) is 147 Å². The smallest absolute Gasteiger partial charge is 0.339 e. The Labute approximate surface area is 708 Å². The first kappa shape index (κ1) is 98.4. The minimum atomic E-state index is -1.50. The number of aromatic carboxylic acids is 2. The van der Waals surface area contributed by atoms with Gasteiger partial charge in [-0.1, -0.05) is 101 Å². The summed E-state index contributed by atoms with van der Waals surface area (Å²) in [6.07, 6.45) is 8.08. The monoisotopic (exact) mass is 1770 g/mol. The highest BCUT2D eigenvalue weighted by Gasteiger charge is 2.61. The van der Waals surface area contributed by atoms with Gasteiger partial charge in [-0.05, 0) is 124 Å². The third kappa shape index (κ3) is 26.4. The lowest BCUT2D eigenvalue weighted by Gasteiger charge is -2.36. The Hall–Kier alpha value is -9.36. The number of carbonyl (C=O) groups is 6. The highest BCUT2D eigenvalue weighted by Crippen LogP contribution is 2.47. The Morgan fingerprint density at radius 3 is 0.677 bits per heavy atom. The van der Waals surface area contributed by atoms with Crippen molar-refractivity contribution in [1.82, 2.24) is 0 Å². The lowest BCUT2D eigenvalue weighted by molar-refractivity contribution is -0.742. The molecule has 0 aromatic heterocycles. The van der Waals surface area contributed by atoms with Gasteiger partial charge in [0.1, 0.15) is 120 Å². The summed E-state index contributed by atoms with van der Waals surface area (Å²) in [5, 5.41) is 159. The van der Waals surface area contributed by atoms with E-state index in [2.05, 4.69) is 0 Å². The number of benzene rings is 3. The highest BCUT2D eigenvalue weighted by atomic mass is 16.9. The SMILES string of the molecule is O=C(O)c1ccc(C(=O)O)cc1.O=C(OC(C[C@@]1(O)CO[C@@H]2[C@H](O)CO[C@@H]21)C1CCCCC1)c1ccccc1C(=O)OC(C[C@@]1(O)CO[C@@H]2[C@H](O)CO[C@@H]21)C1CCCCC1.O=C(OC(C[C@@]1(O)CO[C@@H]2[C@H](O)CO[C@@H]21)C1CCCCC1)c1ccccc1C(=O)OC(C[C@@]1(O)CO[C@@H]2[C@H](O)CO[C@@H]21)C1CCCCC1.O=[N+]([O-])O.O=[N+]([O-])O.O=[N+]([O-])O.O=[N+]([O-])O. The average Bonchev–Trinajstić information content (AvgIpc) is 1.62. The summed E-state index contributed by atoms with van der Waals surface area (Å²) in [4.78, 5) is 110. The second kappa shape index (κ2) is 45.2. The maximum atomic E-state index is 13.9. The van der Waals surface area contributed by atoms with Gasteiger partial charge in [-0.3, -0.25) is 0 Å². The van der Waals surface area contributed by atoms with E-state index in [1.54, 1.807) is 48.5 Å². The third-order valence-electron chi connectivity index (χ3n) is 24.8. The molecular weight excluding hydrogens is 1660 g/mol. The Morgan fingerprint density at radius 2 is 0.508 bits per heavy atom. The van der Waals surface area contributed by atoms with Crippen LogP contribution < -0.4 is 0 Å². The number of nitrogens with zero attached hydrogens (tertiary/aromatic N) is 4. The first-order valence-corrected chi connectivity index (χ1v) is 41.3. The normalized spacial score (nSPS) is 31.4. The van der Waals surface area contributed by atoms with Crippen molar-refractivity contribution < 1.29 is 178 Å². The van der Waals surface area contributed by atoms with Crippen LogP contribution in [0.2, 0.25) is 0 Å². The van der Waals surface area contributed by atoms with Gasteiger partial charge in [0.05, 0.1) is 86.2 Å². The molecule has 12 aliphatic rings. The van der Waals surface area contributed by atoms with Gasteiger partial charge in [0.25, 0.3) is 20.3 Å². The number of rotatable bonds is 22. The average molecular weight is 1770 g/mol. The van der Waals surface area contributed by atoms with Crippen LogP contribution in [0.1, 0.15) is 216 Å². The molecule has 3 aromatic carbocycles. The van der Waals surface area contributed by atoms with E-state index in [0.29, 0.717) is 0 Å². The zero-order valence-corrected chi connectivity index (χ0v) is 67.8. The van der Waals surface area contributed by atoms with Crippen molar-refractivity contribution in [1.29, 1.82) is 0 Å². The van der Waals surface area contributed by atoms with Crippen LogP contribution in [0, 0.1) is 64.1 Å². The van der Waals surface area contributed by atoms with Crippen molar-refractivity contribution in [2.75, 3.05) is 52.9 Å². The largest absolute Gasteiger partial charge is 0.478 e. The molecule has 4 aliphatic carbocycles. The molecule has 44 heteroatoms. The number of carboxylic acid groups (broad SMARTS) is 2. The van der Waals surface area contributed by atoms with E-state index in [-0.39, 0.29) is 136 Å². The molecule has 20 atom stereocenters. The topological polar surface area (TPSA) is 669 Å². The fraction of sp³-hybridized carbons (Fsp3) is 0.700. The van der Waals surface area contributed by atoms with Crippen LogP contribution in [0.5, 0.6) is 0 Å². The Bertz CT molecular complexity index is 3560. The van der Waals surface area contributed by atoms with Gasteiger partial charge in [-0.25, -0.2) is 28.8 Å². The van der Waals surface area contributed by atoms with Crippen LogP contribution >= 0.6 is 0 Å². The summed E-state index contributed by atoms with van der Waals surface area (Å²) in [5.74, 6) is -4.80. The van der Waals surface area contributed by atoms with Crippen molar-refractivity contribution in [3.8, 4) is 0 Å². The molecule has 0 amide bonds. The number of carboxylic acids is 2. The van der Waals surface area contributed by atoms with Crippen LogP contribution in [0.4, 0.5) is 0 Å². The molecule has 15 rings (SSSR count). The summed E-state index contributed by atoms with van der Waals surface area (Å²) < 4.78 is 70.6. The van der Waals surface area contributed by atoms with Gasteiger partial charge >= 0.3 is 35.8 Å². The van der Waals surface area contributed by atoms with Crippen molar-refractivity contribution in [2.24, 2.45) is 23.7 Å². The third-order valence-corrected chi connectivity index (χ3v) is 24.8. The minimum Gasteiger partial charge on any atom is -0.478 e. The zero-order chi connectivity index (χ0) is 90.4. The predicted molar refractivity (Wildman–Crippen MR) is 412 cm³/mol. The molecule has 0 bridgehead atoms. The number of esters is 4. The van der Waals surface area contributed by atoms with Gasteiger partial charge < -0.3 is 129 Å². The predicted octanol–water partition coefficient (Wildman–Crippen LogP) is 4.61. The van der Waals surface area contributed by atoms with Crippen molar-refractivity contribution in [2.45, 2.75) is 274 Å². The molecule has 8 heterocycles. The molecule has 12 fully saturated rings. The maximum Gasteiger partial charge on any atom is 0.339 e. The number of hydrogen-bond acceptors (Lipinski definition) is 34. The summed E-state index contributed by atoms with van der Waals surface area (Å²) in [5.41, 5.74) is -5.30. The molecule has 4 unspecified atom stereocenters. The van der Waals surface area contributed by atoms with Crippen molar-refractivity contribution in [3.63, 3.8) is 0 Å². The number of aliphatic hydroxyl groups excluding tert-OH is 4. The van der Waals surface area contributed by atoms with Crippen LogP contribution in [0.3, 0.4) is 0 Å². The van der Waals surface area contributed by atoms with Crippen LogP contribution in [-0.4, -0.2) is 301 Å². The molecule has 690 valence electrons. The van der Waals surface area contributed by atoms with Crippen molar-refractivity contribution >= 4 is 35.8 Å². The fourth-order valence-electron chi connectivity index (χ4n) is 18.9. The first-order chi connectivity index (χ1) is 58.8. The van der Waals surface area contributed by atoms with Gasteiger partial charge in [-0.2, -0.15) is 0 Å². The highest BCUT2D eigenvalue weighted by molar-refractivity contribution is 6.04. The maximum absolute atomic E-state index is 13.9. The quantitative estimate of drug-likeness (QED) is 0.0283. The van der Waals surface area contributed by atoms with Crippen LogP contribution in [0.15, 0.2) is 72.8 Å². The molecular formula is C80H110N4O40. The second-order valence-electron chi connectivity index (χ2n) is 33.2. The summed E-state index contributed by atoms with van der Waals surface area (Å²) in [7, 11) is 0. The van der Waals surface area contributed by atoms with E-state index < -0.39 is 176 Å². The lowest BCUT2D eigenvalue weighted by Crippen LogP contribution is -2.48. The van der Waals surface area contributed by atoms with Crippen LogP contribution in [0.25, 0.3) is 0 Å². The van der Waals surface area contributed by atoms with Gasteiger partial charge in [0.2, 0.25) is 0 Å². The van der Waals surface area contributed by atoms with E-state index in [0.717, 1.165) is 128 Å². The molecule has 44 nitrogen and oxygen atoms in total. The summed E-state index contributed by atoms with van der Waals surface area (Å²) in [6, 6.07) is 17.9. The molecule has 3 aromatic rings. The Kier molecular flexibility index (Phi) is 35.9. The van der Waals surface area contributed by atoms with Gasteiger partial charge in [0, 0.05) is 25.7 Å². The molecule has 124 heavy (non-hydrogen) atoms. The number of ether oxygens (including phenoxy) is 12. The molecule has 0 radical (unpaired) electrons. The molecule has 8 aliphatic heterocycles. The zero-order valence-electron chi connectivity index (χ0n) is 67.8. The molecule has 0 spiro atoms. The Balaban J connectivity index is 0.000000215. The Morgan fingerprint density at radius 1 is 0.331 bits per heavy atom. The number of fused-ring (bicyclic) bond motifs is 4. The lowest BCUT2D eigenvalue weighted by atomic mass is 9.79. The number of aliphatic hydroxyl groups is 8. The van der Waals surface area contributed by atoms with E-state index in [1.165, 1.54) is 24.3 Å². The summed E-state index contributed by atoms with van der Waals surface area (Å²) in [6.45, 7) is 0.159. The van der Waals surface area contributed by atoms with E-state index >= 15 is 0 Å². The van der Waals surface area contributed by atoms with Crippen LogP contribution in [-0.2, 0) is 56.8 Å². The first-order valence-electron chi connectivity index (χ1n) is 41.3. The number of carbonyl (C=O) groups excluding carboxylic acids is 4. The standard InChI is InChI=1S/2C36H50O12.C8H6O4.4HNO3/c2*37-25-17-43-31-29(25)45-19-35(31,41)15-27(21-9-3-1-4-10-21)47-33(39)23-13-7-8-14-24(23)34(40)48-28(22-11-5-2-6-12-22)16-36(42)20-46-30-26(38)18-44-32(30)36;9-7(10)5-1-2-6(4-3-5)8(11)12;4*2-1(3)4/h2*7-8,13-14,21-22,25-32,37-38,41-42H,1-6,9-12,15-20H2;1-4H,(H,9,10)(H,11,12);4*(H,2,3,4)/t2*25-,26-,27?,28?,29-,30-,31+,32+,35-,36-;;;;;/m11...../s1. The molecule has 8 saturated heterocycles. The minimum absolute atomic E-state index is 0.0152. The fourth-order valence-corrected chi connectivity index (χ4v) is 18.9. The number of hydrogen-bond donors (Lipinski definition) is 14. The van der Waals surface area contributed by atoms with E-state index in [1.807, 2.05) is 0 Å². The summed E-state index contributed by atoms with van der Waals surface area (Å²) >= 11 is 0. The van der Waals surface area contributed by atoms with E-state index in [9.17, 15) is 69.6 Å². The van der Waals surface area contributed by atoms with Gasteiger partial charge in [-0.15, -0.1) is 40.5 Å². The van der Waals surface area contributed by atoms with Gasteiger partial charge in [0.15, 0.2) is 0 Å². The molecule has 4 saturated carbocycles.